The van der Waals surface area contributed by atoms with Crippen molar-refractivity contribution < 1.29 is 8.42 Å². The summed E-state index contributed by atoms with van der Waals surface area (Å²) >= 11 is 0. The summed E-state index contributed by atoms with van der Waals surface area (Å²) in [6.45, 7) is 8.57. The summed E-state index contributed by atoms with van der Waals surface area (Å²) in [7, 11) is 0.688. The van der Waals surface area contributed by atoms with E-state index in [9.17, 15) is 8.42 Å². The molecule has 0 aromatic heterocycles. The lowest BCUT2D eigenvalue weighted by Crippen LogP contribution is -2.42. The van der Waals surface area contributed by atoms with E-state index >= 15 is 0 Å². The van der Waals surface area contributed by atoms with Gasteiger partial charge in [-0.05, 0) is 44.5 Å². The average Bonchev–Trinajstić information content (AvgIpc) is 2.55. The molecule has 1 rings (SSSR count). The summed E-state index contributed by atoms with van der Waals surface area (Å²) in [6.07, 6.45) is 2.36. The zero-order valence-electron chi connectivity index (χ0n) is 16.3. The molecule has 0 fully saturated rings. The Morgan fingerprint density at radius 1 is 1.32 bits per heavy atom. The molecule has 7 heteroatoms. The normalized spacial score (nSPS) is 13.8. The largest absolute Gasteiger partial charge is 0.355 e. The SMILES string of the molecule is CCC(C)N(C)CCNC(=NC)NCc1ccc(S(C)(=O)=O)c(C)c1. The van der Waals surface area contributed by atoms with Gasteiger partial charge >= 0.3 is 0 Å². The number of likely N-dealkylation sites (N-methyl/N-ethyl adjacent to an activating group) is 1. The number of hydrogen-bond donors (Lipinski definition) is 2. The Kier molecular flexibility index (Phi) is 8.38. The Bertz CT molecular complexity index is 686. The highest BCUT2D eigenvalue weighted by atomic mass is 32.2. The van der Waals surface area contributed by atoms with Gasteiger partial charge in [-0.3, -0.25) is 4.99 Å². The van der Waals surface area contributed by atoms with Gasteiger partial charge in [-0.15, -0.1) is 0 Å². The van der Waals surface area contributed by atoms with Crippen LogP contribution in [0.15, 0.2) is 28.1 Å². The zero-order valence-corrected chi connectivity index (χ0v) is 17.1. The quantitative estimate of drug-likeness (QED) is 0.541. The Morgan fingerprint density at radius 2 is 2.00 bits per heavy atom. The lowest BCUT2D eigenvalue weighted by molar-refractivity contribution is 0.255. The van der Waals surface area contributed by atoms with Crippen LogP contribution in [0, 0.1) is 6.92 Å². The number of aryl methyl sites for hydroxylation is 1. The molecule has 0 aliphatic heterocycles. The molecule has 6 nitrogen and oxygen atoms in total. The smallest absolute Gasteiger partial charge is 0.191 e. The second-order valence-corrected chi connectivity index (χ2v) is 8.45. The first-order chi connectivity index (χ1) is 11.7. The fraction of sp³-hybridized carbons (Fsp3) is 0.611. The van der Waals surface area contributed by atoms with E-state index < -0.39 is 9.84 Å². The van der Waals surface area contributed by atoms with Crippen LogP contribution in [-0.4, -0.2) is 58.8 Å². The molecule has 0 saturated heterocycles. The second-order valence-electron chi connectivity index (χ2n) is 6.46. The number of sulfone groups is 1. The third kappa shape index (κ3) is 7.04. The number of benzene rings is 1. The van der Waals surface area contributed by atoms with E-state index in [-0.39, 0.29) is 0 Å². The van der Waals surface area contributed by atoms with Crippen molar-refractivity contribution in [3.63, 3.8) is 0 Å². The molecule has 0 radical (unpaired) electrons. The van der Waals surface area contributed by atoms with Crippen LogP contribution in [0.4, 0.5) is 0 Å². The Labute approximate surface area is 152 Å². The van der Waals surface area contributed by atoms with Gasteiger partial charge in [0.15, 0.2) is 15.8 Å². The number of hydrogen-bond acceptors (Lipinski definition) is 4. The van der Waals surface area contributed by atoms with E-state index in [4.69, 9.17) is 0 Å². The van der Waals surface area contributed by atoms with E-state index in [2.05, 4.69) is 41.4 Å². The molecule has 1 atom stereocenters. The summed E-state index contributed by atoms with van der Waals surface area (Å²) in [6, 6.07) is 5.96. The number of rotatable bonds is 8. The van der Waals surface area contributed by atoms with Crippen LogP contribution >= 0.6 is 0 Å². The molecule has 0 aliphatic rings. The van der Waals surface area contributed by atoms with Gasteiger partial charge in [-0.2, -0.15) is 0 Å². The molecule has 1 unspecified atom stereocenters. The summed E-state index contributed by atoms with van der Waals surface area (Å²) in [5, 5.41) is 6.56. The minimum atomic E-state index is -3.18. The first kappa shape index (κ1) is 21.4. The molecule has 0 spiro atoms. The third-order valence-electron chi connectivity index (χ3n) is 4.42. The maximum absolute atomic E-state index is 11.7. The Hall–Kier alpha value is -1.60. The second kappa shape index (κ2) is 9.77. The molecular formula is C18H32N4O2S. The van der Waals surface area contributed by atoms with Crippen molar-refractivity contribution in [1.29, 1.82) is 0 Å². The van der Waals surface area contributed by atoms with Crippen molar-refractivity contribution >= 4 is 15.8 Å². The van der Waals surface area contributed by atoms with Crippen molar-refractivity contribution in [3.05, 3.63) is 29.3 Å². The summed E-state index contributed by atoms with van der Waals surface area (Å²) in [5.41, 5.74) is 1.78. The van der Waals surface area contributed by atoms with Crippen LogP contribution in [0.2, 0.25) is 0 Å². The number of aliphatic imine (C=N–C) groups is 1. The molecule has 0 amide bonds. The first-order valence-electron chi connectivity index (χ1n) is 8.63. The van der Waals surface area contributed by atoms with Crippen LogP contribution in [0.1, 0.15) is 31.4 Å². The fourth-order valence-electron chi connectivity index (χ4n) is 2.53. The molecule has 0 aliphatic carbocycles. The van der Waals surface area contributed by atoms with Gasteiger partial charge in [0, 0.05) is 39.0 Å². The van der Waals surface area contributed by atoms with Gasteiger partial charge in [0.1, 0.15) is 0 Å². The standard InChI is InChI=1S/C18H32N4O2S/c1-7-15(3)22(5)11-10-20-18(19-4)21-13-16-8-9-17(14(2)12-16)25(6,23)24/h8-9,12,15H,7,10-11,13H2,1-6H3,(H2,19,20,21). The van der Waals surface area contributed by atoms with E-state index in [0.717, 1.165) is 36.6 Å². The lowest BCUT2D eigenvalue weighted by Gasteiger charge is -2.24. The summed E-state index contributed by atoms with van der Waals surface area (Å²) in [4.78, 5) is 6.92. The maximum Gasteiger partial charge on any atom is 0.191 e. The lowest BCUT2D eigenvalue weighted by atomic mass is 10.1. The van der Waals surface area contributed by atoms with E-state index in [0.29, 0.717) is 17.5 Å². The van der Waals surface area contributed by atoms with Crippen molar-refractivity contribution in [2.24, 2.45) is 4.99 Å². The highest BCUT2D eigenvalue weighted by molar-refractivity contribution is 7.90. The van der Waals surface area contributed by atoms with Gasteiger partial charge in [-0.25, -0.2) is 8.42 Å². The predicted molar refractivity (Wildman–Crippen MR) is 105 cm³/mol. The van der Waals surface area contributed by atoms with Crippen molar-refractivity contribution in [2.45, 2.75) is 44.7 Å². The van der Waals surface area contributed by atoms with Crippen molar-refractivity contribution in [3.8, 4) is 0 Å². The van der Waals surface area contributed by atoms with Gasteiger partial charge in [0.05, 0.1) is 4.90 Å². The predicted octanol–water partition coefficient (Wildman–Crippen LogP) is 1.79. The van der Waals surface area contributed by atoms with Crippen LogP contribution < -0.4 is 10.6 Å². The van der Waals surface area contributed by atoms with E-state index in [1.807, 2.05) is 19.1 Å². The van der Waals surface area contributed by atoms with Gasteiger partial charge < -0.3 is 15.5 Å². The minimum absolute atomic E-state index is 0.381. The molecule has 1 aromatic carbocycles. The van der Waals surface area contributed by atoms with E-state index in [1.165, 1.54) is 6.26 Å². The maximum atomic E-state index is 11.7. The highest BCUT2D eigenvalue weighted by Crippen LogP contribution is 2.16. The molecular weight excluding hydrogens is 336 g/mol. The van der Waals surface area contributed by atoms with Crippen LogP contribution in [0.5, 0.6) is 0 Å². The van der Waals surface area contributed by atoms with Crippen molar-refractivity contribution in [1.82, 2.24) is 15.5 Å². The average molecular weight is 369 g/mol. The molecule has 142 valence electrons. The molecule has 0 bridgehead atoms. The van der Waals surface area contributed by atoms with Gasteiger partial charge in [-0.1, -0.05) is 19.1 Å². The van der Waals surface area contributed by atoms with Crippen LogP contribution in [0.3, 0.4) is 0 Å². The van der Waals surface area contributed by atoms with Crippen LogP contribution in [-0.2, 0) is 16.4 Å². The first-order valence-corrected chi connectivity index (χ1v) is 10.5. The topological polar surface area (TPSA) is 73.8 Å². The molecule has 0 saturated carbocycles. The zero-order chi connectivity index (χ0) is 19.0. The minimum Gasteiger partial charge on any atom is -0.355 e. The highest BCUT2D eigenvalue weighted by Gasteiger charge is 2.11. The van der Waals surface area contributed by atoms with Crippen LogP contribution in [0.25, 0.3) is 0 Å². The summed E-state index contributed by atoms with van der Waals surface area (Å²) < 4.78 is 23.3. The van der Waals surface area contributed by atoms with Crippen molar-refractivity contribution in [2.75, 3.05) is 33.4 Å². The number of guanidine groups is 1. The Balaban J connectivity index is 2.54. The Morgan fingerprint density at radius 3 is 2.52 bits per heavy atom. The fourth-order valence-corrected chi connectivity index (χ4v) is 3.49. The monoisotopic (exact) mass is 368 g/mol. The number of nitrogens with one attached hydrogen (secondary N) is 2. The molecule has 1 aromatic rings. The molecule has 0 heterocycles. The van der Waals surface area contributed by atoms with E-state index in [1.54, 1.807) is 13.1 Å². The van der Waals surface area contributed by atoms with Gasteiger partial charge in [0.25, 0.3) is 0 Å². The molecule has 25 heavy (non-hydrogen) atoms. The molecule has 2 N–H and O–H groups in total. The van der Waals surface area contributed by atoms with Gasteiger partial charge in [0.2, 0.25) is 0 Å². The third-order valence-corrected chi connectivity index (χ3v) is 5.68. The number of nitrogens with zero attached hydrogens (tertiary/aromatic N) is 2. The summed E-state index contributed by atoms with van der Waals surface area (Å²) in [5.74, 6) is 0.738.